The quantitative estimate of drug-likeness (QED) is 0.842. The van der Waals surface area contributed by atoms with Gasteiger partial charge in [0.2, 0.25) is 5.91 Å². The molecule has 2 bridgehead atoms. The molecule has 1 N–H and O–H groups in total. The molecule has 3 aliphatic rings. The Kier molecular flexibility index (Phi) is 2.77. The lowest BCUT2D eigenvalue weighted by atomic mass is 9.74. The van der Waals surface area contributed by atoms with E-state index in [0.29, 0.717) is 6.42 Å². The molecule has 0 radical (unpaired) electrons. The zero-order chi connectivity index (χ0) is 13.6. The number of amides is 1. The van der Waals surface area contributed by atoms with Crippen molar-refractivity contribution in [3.05, 3.63) is 30.1 Å². The summed E-state index contributed by atoms with van der Waals surface area (Å²) in [7, 11) is 0. The van der Waals surface area contributed by atoms with Crippen LogP contribution in [0.5, 0.6) is 0 Å². The van der Waals surface area contributed by atoms with Gasteiger partial charge in [0.25, 0.3) is 0 Å². The first kappa shape index (κ1) is 12.5. The van der Waals surface area contributed by atoms with Gasteiger partial charge in [-0.05, 0) is 36.1 Å². The number of nitrogens with zero attached hydrogens (tertiary/aromatic N) is 1. The summed E-state index contributed by atoms with van der Waals surface area (Å²) in [4.78, 5) is 14.1. The minimum Gasteiger partial charge on any atom is -0.365 e. The molecule has 4 heteroatoms. The Morgan fingerprint density at radius 2 is 2.00 bits per heavy atom. The van der Waals surface area contributed by atoms with Gasteiger partial charge in [-0.2, -0.15) is 0 Å². The van der Waals surface area contributed by atoms with Gasteiger partial charge < -0.3 is 10.2 Å². The Morgan fingerprint density at radius 3 is 2.68 bits per heavy atom. The van der Waals surface area contributed by atoms with Crippen molar-refractivity contribution in [2.24, 2.45) is 5.41 Å². The van der Waals surface area contributed by atoms with E-state index in [1.807, 2.05) is 0 Å². The Labute approximate surface area is 112 Å². The van der Waals surface area contributed by atoms with E-state index in [0.717, 1.165) is 18.7 Å². The molecule has 0 aliphatic carbocycles. The second kappa shape index (κ2) is 4.22. The number of halogens is 1. The molecule has 1 amide bonds. The number of rotatable bonds is 1. The van der Waals surface area contributed by atoms with Gasteiger partial charge in [0.05, 0.1) is 0 Å². The van der Waals surface area contributed by atoms with Gasteiger partial charge in [-0.25, -0.2) is 4.39 Å². The van der Waals surface area contributed by atoms with Crippen LogP contribution in [-0.2, 0) is 4.79 Å². The molecule has 102 valence electrons. The Hall–Kier alpha value is -1.58. The van der Waals surface area contributed by atoms with Crippen molar-refractivity contribution in [3.8, 4) is 0 Å². The molecule has 3 heterocycles. The molecule has 19 heavy (non-hydrogen) atoms. The van der Waals surface area contributed by atoms with Crippen molar-refractivity contribution in [3.63, 3.8) is 0 Å². The van der Waals surface area contributed by atoms with E-state index < -0.39 is 0 Å². The van der Waals surface area contributed by atoms with Gasteiger partial charge in [0.15, 0.2) is 0 Å². The summed E-state index contributed by atoms with van der Waals surface area (Å²) >= 11 is 0. The number of fused-ring (bicyclic) bond motifs is 4. The molecule has 0 saturated carbocycles. The van der Waals surface area contributed by atoms with Crippen molar-refractivity contribution in [2.45, 2.75) is 38.8 Å². The van der Waals surface area contributed by atoms with Crippen LogP contribution in [0.25, 0.3) is 0 Å². The molecule has 1 aromatic rings. The maximum absolute atomic E-state index is 13.1. The van der Waals surface area contributed by atoms with E-state index in [2.05, 4.69) is 24.1 Å². The number of carbonyl (C=O) groups is 1. The molecule has 3 aliphatic heterocycles. The highest BCUT2D eigenvalue weighted by atomic mass is 19.1. The third-order valence-corrected chi connectivity index (χ3v) is 4.37. The fourth-order valence-corrected chi connectivity index (χ4v) is 3.49. The third kappa shape index (κ3) is 2.20. The molecule has 3 fully saturated rings. The summed E-state index contributed by atoms with van der Waals surface area (Å²) < 4.78 is 13.1. The van der Waals surface area contributed by atoms with E-state index >= 15 is 0 Å². The van der Waals surface area contributed by atoms with Gasteiger partial charge in [-0.3, -0.25) is 4.79 Å². The first-order valence-corrected chi connectivity index (χ1v) is 6.77. The van der Waals surface area contributed by atoms with E-state index in [1.165, 1.54) is 12.1 Å². The van der Waals surface area contributed by atoms with Gasteiger partial charge in [0.1, 0.15) is 5.82 Å². The highest BCUT2D eigenvalue weighted by Crippen LogP contribution is 2.41. The molecule has 0 unspecified atom stereocenters. The van der Waals surface area contributed by atoms with Crippen LogP contribution in [0.4, 0.5) is 10.1 Å². The third-order valence-electron chi connectivity index (χ3n) is 4.37. The highest BCUT2D eigenvalue weighted by Gasteiger charge is 2.45. The van der Waals surface area contributed by atoms with Gasteiger partial charge in [-0.15, -0.1) is 0 Å². The molecular formula is C15H19FN2O. The molecule has 3 nitrogen and oxygen atoms in total. The zero-order valence-electron chi connectivity index (χ0n) is 11.3. The highest BCUT2D eigenvalue weighted by molar-refractivity contribution is 5.79. The van der Waals surface area contributed by atoms with Crippen molar-refractivity contribution in [1.82, 2.24) is 5.32 Å². The number of carbonyl (C=O) groups excluding carboxylic acids is 1. The molecule has 0 aromatic heterocycles. The average molecular weight is 262 g/mol. The second-order valence-corrected chi connectivity index (χ2v) is 6.31. The fourth-order valence-electron chi connectivity index (χ4n) is 3.49. The Morgan fingerprint density at radius 1 is 1.32 bits per heavy atom. The lowest BCUT2D eigenvalue weighted by molar-refractivity contribution is -0.121. The van der Waals surface area contributed by atoms with Crippen LogP contribution in [0.1, 0.15) is 26.7 Å². The van der Waals surface area contributed by atoms with Gasteiger partial charge in [0, 0.05) is 30.7 Å². The minimum atomic E-state index is -0.225. The Balaban J connectivity index is 1.98. The van der Waals surface area contributed by atoms with Crippen LogP contribution in [0, 0.1) is 11.2 Å². The van der Waals surface area contributed by atoms with Crippen LogP contribution >= 0.6 is 0 Å². The van der Waals surface area contributed by atoms with E-state index in [1.54, 1.807) is 12.1 Å². The smallest absolute Gasteiger partial charge is 0.222 e. The monoisotopic (exact) mass is 262 g/mol. The molecule has 4 rings (SSSR count). The van der Waals surface area contributed by atoms with Crippen LogP contribution in [0.15, 0.2) is 24.3 Å². The molecule has 2 atom stereocenters. The zero-order valence-corrected chi connectivity index (χ0v) is 11.3. The van der Waals surface area contributed by atoms with Crippen LogP contribution < -0.4 is 10.2 Å². The van der Waals surface area contributed by atoms with Crippen LogP contribution in [0.3, 0.4) is 0 Å². The SMILES string of the molecule is CC1(C)C[C@H]2CN(c3ccc(F)cc3)[C@@H]1CC(=O)N2. The minimum absolute atomic E-state index is 0.0798. The van der Waals surface area contributed by atoms with Crippen LogP contribution in [0.2, 0.25) is 0 Å². The lowest BCUT2D eigenvalue weighted by Gasteiger charge is -2.47. The van der Waals surface area contributed by atoms with Crippen molar-refractivity contribution in [1.29, 1.82) is 0 Å². The maximum atomic E-state index is 13.1. The summed E-state index contributed by atoms with van der Waals surface area (Å²) in [6, 6.07) is 6.93. The number of hydrogen-bond acceptors (Lipinski definition) is 2. The second-order valence-electron chi connectivity index (χ2n) is 6.31. The first-order valence-electron chi connectivity index (χ1n) is 6.77. The van der Waals surface area contributed by atoms with Crippen LogP contribution in [-0.4, -0.2) is 24.5 Å². The van der Waals surface area contributed by atoms with E-state index in [-0.39, 0.29) is 29.2 Å². The molecule has 3 saturated heterocycles. The largest absolute Gasteiger partial charge is 0.365 e. The van der Waals surface area contributed by atoms with Gasteiger partial charge >= 0.3 is 0 Å². The number of nitrogens with one attached hydrogen (secondary N) is 1. The standard InChI is InChI=1S/C15H19FN2O/c1-15(2)8-11-9-18(13(15)7-14(19)17-11)12-5-3-10(16)4-6-12/h3-6,11,13H,7-9H2,1-2H3,(H,17,19)/t11-,13+/m0/s1. The molecular weight excluding hydrogens is 243 g/mol. The summed E-state index contributed by atoms with van der Waals surface area (Å²) in [6.45, 7) is 5.23. The normalized spacial score (nSPS) is 29.0. The topological polar surface area (TPSA) is 32.3 Å². The summed E-state index contributed by atoms with van der Waals surface area (Å²) in [5.74, 6) is -0.0950. The Bertz CT molecular complexity index is 497. The fraction of sp³-hybridized carbons (Fsp3) is 0.533. The van der Waals surface area contributed by atoms with Gasteiger partial charge in [-0.1, -0.05) is 13.8 Å². The summed E-state index contributed by atoms with van der Waals surface area (Å²) in [6.07, 6.45) is 1.52. The first-order chi connectivity index (χ1) is 8.95. The van der Waals surface area contributed by atoms with E-state index in [4.69, 9.17) is 0 Å². The lowest BCUT2D eigenvalue weighted by Crippen LogP contribution is -2.54. The van der Waals surface area contributed by atoms with Crippen molar-refractivity contribution >= 4 is 11.6 Å². The number of anilines is 1. The number of benzene rings is 1. The molecule has 1 aromatic carbocycles. The predicted molar refractivity (Wildman–Crippen MR) is 72.5 cm³/mol. The summed E-state index contributed by atoms with van der Waals surface area (Å²) in [5.41, 5.74) is 1.08. The molecule has 0 spiro atoms. The average Bonchev–Trinajstić information content (AvgIpc) is 2.54. The van der Waals surface area contributed by atoms with Crippen molar-refractivity contribution < 1.29 is 9.18 Å². The van der Waals surface area contributed by atoms with Crippen molar-refractivity contribution in [2.75, 3.05) is 11.4 Å². The summed E-state index contributed by atoms with van der Waals surface area (Å²) in [5, 5.41) is 3.08. The predicted octanol–water partition coefficient (Wildman–Crippen LogP) is 2.32. The number of piperidine rings is 1. The van der Waals surface area contributed by atoms with E-state index in [9.17, 15) is 9.18 Å². The number of hydrogen-bond donors (Lipinski definition) is 1. The maximum Gasteiger partial charge on any atom is 0.222 e.